The van der Waals surface area contributed by atoms with Gasteiger partial charge < -0.3 is 115 Å². The van der Waals surface area contributed by atoms with Gasteiger partial charge in [-0.2, -0.15) is 0 Å². The van der Waals surface area contributed by atoms with E-state index < -0.39 is 155 Å². The van der Waals surface area contributed by atoms with Gasteiger partial charge in [0.2, 0.25) is 5.79 Å². The molecule has 4 aliphatic rings. The Balaban J connectivity index is 0.000000321. The third kappa shape index (κ3) is 14.8. The van der Waals surface area contributed by atoms with Crippen LogP contribution in [-0.4, -0.2) is 242 Å². The van der Waals surface area contributed by atoms with Gasteiger partial charge in [-0.15, -0.1) is 0 Å². The van der Waals surface area contributed by atoms with Crippen LogP contribution in [0.2, 0.25) is 0 Å². The Labute approximate surface area is 346 Å². The summed E-state index contributed by atoms with van der Waals surface area (Å²) in [6, 6.07) is 0. The number of unbranched alkanes of at least 4 members (excludes halogenated alkanes) is 8. The molecule has 0 aromatic rings. The molecule has 0 saturated carbocycles. The molecule has 4 saturated heterocycles. The fourth-order valence-corrected chi connectivity index (χ4v) is 6.79. The van der Waals surface area contributed by atoms with Crippen LogP contribution in [0.15, 0.2) is 0 Å². The SMILES string of the molecule is CCCCCCCCCCCC(=O)O.OC[C@H]1O[C@@H](O[C@H]2[C@H](O)[C@@H](O)[C@H](O)O[C@@H]2CO)[C@H](O)[C@@H](O)[C@H]1O.OC[C@H]1O[C@@](CO)(O[C@H]2O[C@H](CO)[C@@H](O)[C@H](O)[C@H]2O)[C@@H](O)[C@@H]1O. The lowest BCUT2D eigenvalue weighted by molar-refractivity contribution is -0.383. The third-order valence-electron chi connectivity index (χ3n) is 10.5. The van der Waals surface area contributed by atoms with Gasteiger partial charge in [-0.1, -0.05) is 58.3 Å². The van der Waals surface area contributed by atoms with Crippen molar-refractivity contribution < 1.29 is 120 Å². The third-order valence-corrected chi connectivity index (χ3v) is 10.5. The minimum atomic E-state index is -2.22. The predicted octanol–water partition coefficient (Wildman–Crippen LogP) is -6.80. The molecule has 0 unspecified atom stereocenters. The number of aliphatic hydroxyl groups excluding tert-OH is 16. The van der Waals surface area contributed by atoms with Gasteiger partial charge in [-0.3, -0.25) is 4.79 Å². The van der Waals surface area contributed by atoms with Gasteiger partial charge in [0.25, 0.3) is 0 Å². The summed E-state index contributed by atoms with van der Waals surface area (Å²) < 4.78 is 30.7. The van der Waals surface area contributed by atoms with Crippen LogP contribution in [0.1, 0.15) is 71.1 Å². The Morgan fingerprint density at radius 3 is 1.43 bits per heavy atom. The summed E-state index contributed by atoms with van der Waals surface area (Å²) >= 11 is 0. The summed E-state index contributed by atoms with van der Waals surface area (Å²) in [7, 11) is 0. The number of aliphatic carboxylic acids is 1. The highest BCUT2D eigenvalue weighted by atomic mass is 16.8. The standard InChI is InChI=1S/2C12H22O11.C12H24O2/c13-1-4-6(16)8(18)9(19)11(21-4)23-12(3-15)10(20)7(17)5(2-14)22-12;13-1-3-5(15)6(16)9(19)12(22-3)23-10-4(2-14)21-11(20)8(18)7(10)17;1-2-3-4-5-6-7-8-9-10-11-12(13)14/h4-11,13-20H,1-3H2;3-20H,1-2H2;2-11H2,1H3,(H,13,14)/t4-,5-,6-,7-,8+,9-,10+,11-,12+;3-,4-,5+,6+,7-,8-,9-,10-,11-,12+;/m11./s1. The molecule has 4 heterocycles. The molecule has 356 valence electrons. The number of hydrogen-bond donors (Lipinski definition) is 17. The molecule has 0 aromatic heterocycles. The molecule has 0 spiro atoms. The van der Waals surface area contributed by atoms with E-state index in [0.29, 0.717) is 6.42 Å². The van der Waals surface area contributed by atoms with Crippen LogP contribution in [0, 0.1) is 0 Å². The van der Waals surface area contributed by atoms with Gasteiger partial charge in [0, 0.05) is 6.42 Å². The molecular weight excluding hydrogens is 816 g/mol. The van der Waals surface area contributed by atoms with Crippen LogP contribution in [0.5, 0.6) is 0 Å². The topological polar surface area (TPSA) is 416 Å². The zero-order valence-electron chi connectivity index (χ0n) is 33.5. The van der Waals surface area contributed by atoms with Crippen LogP contribution >= 0.6 is 0 Å². The van der Waals surface area contributed by atoms with Crippen molar-refractivity contribution in [3.63, 3.8) is 0 Å². The largest absolute Gasteiger partial charge is 0.481 e. The lowest BCUT2D eigenvalue weighted by atomic mass is 9.97. The minimum Gasteiger partial charge on any atom is -0.481 e. The lowest BCUT2D eigenvalue weighted by Gasteiger charge is -2.45. The van der Waals surface area contributed by atoms with Gasteiger partial charge in [-0.25, -0.2) is 0 Å². The van der Waals surface area contributed by atoms with E-state index in [1.165, 1.54) is 44.9 Å². The summed E-state index contributed by atoms with van der Waals surface area (Å²) in [5.41, 5.74) is 0. The molecule has 60 heavy (non-hydrogen) atoms. The van der Waals surface area contributed by atoms with Gasteiger partial charge in [0.1, 0.15) is 98.2 Å². The maximum absolute atomic E-state index is 10.2. The molecule has 0 bridgehead atoms. The first-order chi connectivity index (χ1) is 28.4. The predicted molar refractivity (Wildman–Crippen MR) is 197 cm³/mol. The zero-order chi connectivity index (χ0) is 45.3. The number of ether oxygens (including phenoxy) is 6. The van der Waals surface area contributed by atoms with Crippen molar-refractivity contribution in [3.8, 4) is 0 Å². The highest BCUT2D eigenvalue weighted by molar-refractivity contribution is 5.66. The molecule has 4 rings (SSSR count). The van der Waals surface area contributed by atoms with Crippen molar-refractivity contribution in [3.05, 3.63) is 0 Å². The van der Waals surface area contributed by atoms with E-state index in [4.69, 9.17) is 48.8 Å². The maximum atomic E-state index is 10.2. The smallest absolute Gasteiger partial charge is 0.303 e. The molecule has 17 N–H and O–H groups in total. The monoisotopic (exact) mass is 884 g/mol. The van der Waals surface area contributed by atoms with Crippen molar-refractivity contribution in [2.24, 2.45) is 0 Å². The molecule has 19 atom stereocenters. The molecule has 24 heteroatoms. The van der Waals surface area contributed by atoms with E-state index in [9.17, 15) is 71.2 Å². The van der Waals surface area contributed by atoms with Crippen LogP contribution < -0.4 is 0 Å². The number of hydrogen-bond acceptors (Lipinski definition) is 23. The number of rotatable bonds is 19. The van der Waals surface area contributed by atoms with E-state index in [0.717, 1.165) is 12.8 Å². The summed E-state index contributed by atoms with van der Waals surface area (Å²) in [6.07, 6.45) is -16.7. The second-order valence-corrected chi connectivity index (χ2v) is 15.1. The average Bonchev–Trinajstić information content (AvgIpc) is 3.48. The van der Waals surface area contributed by atoms with E-state index >= 15 is 0 Å². The molecule has 24 nitrogen and oxygen atoms in total. The summed E-state index contributed by atoms with van der Waals surface area (Å²) in [4.78, 5) is 10.2. The highest BCUT2D eigenvalue weighted by Gasteiger charge is 2.58. The molecular formula is C36H68O24. The van der Waals surface area contributed by atoms with Crippen molar-refractivity contribution in [2.75, 3.05) is 33.0 Å². The second kappa shape index (κ2) is 27.0. The molecule has 4 aliphatic heterocycles. The molecule has 4 fully saturated rings. The van der Waals surface area contributed by atoms with Gasteiger partial charge >= 0.3 is 5.97 Å². The normalized spacial score (nSPS) is 41.8. The van der Waals surface area contributed by atoms with Gasteiger partial charge in [0.15, 0.2) is 18.9 Å². The first-order valence-electron chi connectivity index (χ1n) is 20.1. The number of carboxylic acid groups (broad SMARTS) is 1. The molecule has 0 aliphatic carbocycles. The second-order valence-electron chi connectivity index (χ2n) is 15.1. The fourth-order valence-electron chi connectivity index (χ4n) is 6.79. The van der Waals surface area contributed by atoms with Gasteiger partial charge in [0.05, 0.1) is 26.4 Å². The summed E-state index contributed by atoms with van der Waals surface area (Å²) in [5, 5.41) is 162. The Kier molecular flexibility index (Phi) is 24.7. The zero-order valence-corrected chi connectivity index (χ0v) is 33.5. The van der Waals surface area contributed by atoms with Gasteiger partial charge in [-0.05, 0) is 6.42 Å². The van der Waals surface area contributed by atoms with E-state index in [1.54, 1.807) is 0 Å². The van der Waals surface area contributed by atoms with Crippen LogP contribution in [0.3, 0.4) is 0 Å². The average molecular weight is 885 g/mol. The Morgan fingerprint density at radius 1 is 0.517 bits per heavy atom. The van der Waals surface area contributed by atoms with E-state index in [2.05, 4.69) is 6.92 Å². The quantitative estimate of drug-likeness (QED) is 0.0536. The Morgan fingerprint density at radius 2 is 0.983 bits per heavy atom. The van der Waals surface area contributed by atoms with Crippen molar-refractivity contribution in [1.82, 2.24) is 0 Å². The number of carbonyl (C=O) groups is 1. The highest BCUT2D eigenvalue weighted by Crippen LogP contribution is 2.36. The van der Waals surface area contributed by atoms with E-state index in [-0.39, 0.29) is 0 Å². The van der Waals surface area contributed by atoms with E-state index in [1.807, 2.05) is 0 Å². The van der Waals surface area contributed by atoms with Crippen molar-refractivity contribution in [1.29, 1.82) is 0 Å². The lowest BCUT2D eigenvalue weighted by Crippen LogP contribution is -2.64. The van der Waals surface area contributed by atoms with Crippen LogP contribution in [0.4, 0.5) is 0 Å². The first kappa shape index (κ1) is 54.7. The maximum Gasteiger partial charge on any atom is 0.303 e. The molecule has 0 aromatic carbocycles. The van der Waals surface area contributed by atoms with Crippen LogP contribution in [0.25, 0.3) is 0 Å². The first-order valence-corrected chi connectivity index (χ1v) is 20.1. The Hall–Kier alpha value is -1.41. The van der Waals surface area contributed by atoms with Crippen LogP contribution in [-0.2, 0) is 33.2 Å². The minimum absolute atomic E-state index is 0.343. The Bertz CT molecular complexity index is 1170. The summed E-state index contributed by atoms with van der Waals surface area (Å²) in [6.45, 7) is -1.44. The summed E-state index contributed by atoms with van der Waals surface area (Å²) in [5.74, 6) is -2.88. The van der Waals surface area contributed by atoms with Crippen molar-refractivity contribution >= 4 is 5.97 Å². The molecule has 0 radical (unpaired) electrons. The fraction of sp³-hybridized carbons (Fsp3) is 0.972. The molecule has 0 amide bonds. The van der Waals surface area contributed by atoms with Crippen molar-refractivity contribution in [2.45, 2.75) is 187 Å². The number of aliphatic hydroxyl groups is 16. The number of carboxylic acids is 1.